The zero-order chi connectivity index (χ0) is 13.9. The van der Waals surface area contributed by atoms with Crippen molar-refractivity contribution in [2.75, 3.05) is 0 Å². The van der Waals surface area contributed by atoms with E-state index < -0.39 is 0 Å². The molecule has 1 saturated carbocycles. The summed E-state index contributed by atoms with van der Waals surface area (Å²) >= 11 is 0. The number of hydrogen-bond donors (Lipinski definition) is 1. The van der Waals surface area contributed by atoms with Gasteiger partial charge in [-0.2, -0.15) is 0 Å². The van der Waals surface area contributed by atoms with Crippen molar-refractivity contribution in [3.8, 4) is 0 Å². The van der Waals surface area contributed by atoms with Crippen LogP contribution in [-0.4, -0.2) is 14.5 Å². The Morgan fingerprint density at radius 2 is 2.15 bits per heavy atom. The van der Waals surface area contributed by atoms with Crippen LogP contribution in [-0.2, 0) is 6.54 Å². The predicted molar refractivity (Wildman–Crippen MR) is 81.3 cm³/mol. The van der Waals surface area contributed by atoms with Crippen LogP contribution < -0.4 is 5.73 Å². The van der Waals surface area contributed by atoms with Crippen LogP contribution in [0.4, 0.5) is 0 Å². The van der Waals surface area contributed by atoms with Crippen LogP contribution in [0.3, 0.4) is 0 Å². The van der Waals surface area contributed by atoms with E-state index >= 15 is 0 Å². The monoisotopic (exact) mass is 272 g/mol. The molecule has 1 aliphatic rings. The van der Waals surface area contributed by atoms with Gasteiger partial charge in [-0.1, -0.05) is 26.2 Å². The Labute approximate surface area is 120 Å². The largest absolute Gasteiger partial charge is 0.321 e. The van der Waals surface area contributed by atoms with Crippen molar-refractivity contribution < 1.29 is 0 Å². The van der Waals surface area contributed by atoms with Crippen LogP contribution >= 0.6 is 0 Å². The Morgan fingerprint density at radius 1 is 1.35 bits per heavy atom. The van der Waals surface area contributed by atoms with E-state index in [0.29, 0.717) is 5.92 Å². The fraction of sp³-hybridized carbons (Fsp3) is 0.625. The van der Waals surface area contributed by atoms with Gasteiger partial charge in [0.05, 0.1) is 6.04 Å². The normalized spacial score (nSPS) is 18.5. The average molecular weight is 272 g/mol. The minimum absolute atomic E-state index is 0.0519. The van der Waals surface area contributed by atoms with Crippen LogP contribution in [0.2, 0.25) is 0 Å². The third kappa shape index (κ3) is 2.44. The molecule has 2 aromatic rings. The summed E-state index contributed by atoms with van der Waals surface area (Å²) in [5, 5.41) is 0. The van der Waals surface area contributed by atoms with E-state index in [4.69, 9.17) is 10.7 Å². The van der Waals surface area contributed by atoms with E-state index in [-0.39, 0.29) is 6.04 Å². The molecule has 1 unspecified atom stereocenters. The molecular weight excluding hydrogens is 248 g/mol. The lowest BCUT2D eigenvalue weighted by atomic mass is 9.84. The van der Waals surface area contributed by atoms with Crippen LogP contribution in [0.15, 0.2) is 18.3 Å². The van der Waals surface area contributed by atoms with E-state index in [2.05, 4.69) is 16.5 Å². The second-order valence-electron chi connectivity index (χ2n) is 5.89. The quantitative estimate of drug-likeness (QED) is 0.927. The lowest BCUT2D eigenvalue weighted by molar-refractivity contribution is 0.296. The SMILES string of the molecule is CCCn1c(C(N)C2CCCCC2)nc2cccnc21. The van der Waals surface area contributed by atoms with Crippen LogP contribution in [0, 0.1) is 5.92 Å². The number of nitrogens with two attached hydrogens (primary N) is 1. The van der Waals surface area contributed by atoms with Crippen molar-refractivity contribution in [1.29, 1.82) is 0 Å². The molecule has 108 valence electrons. The number of aryl methyl sites for hydroxylation is 1. The number of pyridine rings is 1. The van der Waals surface area contributed by atoms with Gasteiger partial charge in [-0.05, 0) is 37.3 Å². The molecule has 2 heterocycles. The Morgan fingerprint density at radius 3 is 2.90 bits per heavy atom. The minimum atomic E-state index is 0.0519. The van der Waals surface area contributed by atoms with E-state index in [0.717, 1.165) is 30.0 Å². The highest BCUT2D eigenvalue weighted by molar-refractivity contribution is 5.71. The van der Waals surface area contributed by atoms with Gasteiger partial charge in [0.2, 0.25) is 0 Å². The number of rotatable bonds is 4. The lowest BCUT2D eigenvalue weighted by Gasteiger charge is -2.27. The molecule has 0 aromatic carbocycles. The molecule has 1 aliphatic carbocycles. The highest BCUT2D eigenvalue weighted by atomic mass is 15.1. The highest BCUT2D eigenvalue weighted by Gasteiger charge is 2.26. The van der Waals surface area contributed by atoms with Gasteiger partial charge in [0.1, 0.15) is 11.3 Å². The molecule has 0 bridgehead atoms. The lowest BCUT2D eigenvalue weighted by Crippen LogP contribution is -2.26. The van der Waals surface area contributed by atoms with Gasteiger partial charge in [0.15, 0.2) is 5.65 Å². The molecule has 0 spiro atoms. The third-order valence-electron chi connectivity index (χ3n) is 4.44. The molecule has 1 atom stereocenters. The van der Waals surface area contributed by atoms with Crippen molar-refractivity contribution in [3.63, 3.8) is 0 Å². The molecule has 2 N–H and O–H groups in total. The molecule has 1 fully saturated rings. The average Bonchev–Trinajstić information content (AvgIpc) is 2.87. The molecule has 2 aromatic heterocycles. The van der Waals surface area contributed by atoms with Crippen LogP contribution in [0.25, 0.3) is 11.2 Å². The standard InChI is InChI=1S/C16H24N4/c1-2-11-20-15-13(9-6-10-18-15)19-16(20)14(17)12-7-4-3-5-8-12/h6,9-10,12,14H,2-5,7-8,11,17H2,1H3. The molecule has 20 heavy (non-hydrogen) atoms. The third-order valence-corrected chi connectivity index (χ3v) is 4.44. The summed E-state index contributed by atoms with van der Waals surface area (Å²) in [6.07, 6.45) is 9.37. The summed E-state index contributed by atoms with van der Waals surface area (Å²) in [5.41, 5.74) is 8.51. The zero-order valence-electron chi connectivity index (χ0n) is 12.3. The van der Waals surface area contributed by atoms with E-state index in [1.807, 2.05) is 18.3 Å². The zero-order valence-corrected chi connectivity index (χ0v) is 12.3. The topological polar surface area (TPSA) is 56.7 Å². The molecule has 0 saturated heterocycles. The molecule has 4 nitrogen and oxygen atoms in total. The summed E-state index contributed by atoms with van der Waals surface area (Å²) in [7, 11) is 0. The molecule has 4 heteroatoms. The van der Waals surface area contributed by atoms with E-state index in [1.54, 1.807) is 0 Å². The first-order valence-electron chi connectivity index (χ1n) is 7.88. The molecule has 0 amide bonds. The number of aromatic nitrogens is 3. The first-order valence-corrected chi connectivity index (χ1v) is 7.88. The van der Waals surface area contributed by atoms with Gasteiger partial charge in [0, 0.05) is 12.7 Å². The van der Waals surface area contributed by atoms with Gasteiger partial charge in [-0.15, -0.1) is 0 Å². The van der Waals surface area contributed by atoms with Crippen molar-refractivity contribution in [2.24, 2.45) is 11.7 Å². The van der Waals surface area contributed by atoms with Gasteiger partial charge in [0.25, 0.3) is 0 Å². The summed E-state index contributed by atoms with van der Waals surface area (Å²) in [5.74, 6) is 1.61. The van der Waals surface area contributed by atoms with E-state index in [9.17, 15) is 0 Å². The van der Waals surface area contributed by atoms with Gasteiger partial charge < -0.3 is 10.3 Å². The minimum Gasteiger partial charge on any atom is -0.321 e. The Kier molecular flexibility index (Phi) is 4.01. The smallest absolute Gasteiger partial charge is 0.160 e. The maximum atomic E-state index is 6.55. The second-order valence-corrected chi connectivity index (χ2v) is 5.89. The second kappa shape index (κ2) is 5.92. The van der Waals surface area contributed by atoms with Crippen LogP contribution in [0.5, 0.6) is 0 Å². The summed E-state index contributed by atoms with van der Waals surface area (Å²) in [4.78, 5) is 9.27. The number of imidazole rings is 1. The molecule has 0 aliphatic heterocycles. The maximum Gasteiger partial charge on any atom is 0.160 e. The Bertz CT molecular complexity index is 569. The fourth-order valence-corrected chi connectivity index (χ4v) is 3.38. The summed E-state index contributed by atoms with van der Waals surface area (Å²) in [6, 6.07) is 4.03. The molecule has 0 radical (unpaired) electrons. The predicted octanol–water partition coefficient (Wildman–Crippen LogP) is 3.42. The van der Waals surface area contributed by atoms with Crippen molar-refractivity contribution >= 4 is 11.2 Å². The maximum absolute atomic E-state index is 6.55. The Balaban J connectivity index is 1.98. The van der Waals surface area contributed by atoms with Crippen LogP contribution in [0.1, 0.15) is 57.3 Å². The van der Waals surface area contributed by atoms with Crippen molar-refractivity contribution in [3.05, 3.63) is 24.2 Å². The number of fused-ring (bicyclic) bond motifs is 1. The summed E-state index contributed by atoms with van der Waals surface area (Å²) in [6.45, 7) is 3.13. The van der Waals surface area contributed by atoms with E-state index in [1.165, 1.54) is 32.1 Å². The molecular formula is C16H24N4. The fourth-order valence-electron chi connectivity index (χ4n) is 3.38. The van der Waals surface area contributed by atoms with Gasteiger partial charge in [-0.25, -0.2) is 9.97 Å². The number of nitrogens with zero attached hydrogens (tertiary/aromatic N) is 3. The highest BCUT2D eigenvalue weighted by Crippen LogP contribution is 2.33. The van der Waals surface area contributed by atoms with Gasteiger partial charge in [-0.3, -0.25) is 0 Å². The Hall–Kier alpha value is -1.42. The first-order chi connectivity index (χ1) is 9.81. The van der Waals surface area contributed by atoms with Crippen molar-refractivity contribution in [2.45, 2.75) is 58.0 Å². The first kappa shape index (κ1) is 13.6. The molecule has 3 rings (SSSR count). The summed E-state index contributed by atoms with van der Waals surface area (Å²) < 4.78 is 2.23. The van der Waals surface area contributed by atoms with Crippen molar-refractivity contribution in [1.82, 2.24) is 14.5 Å². The van der Waals surface area contributed by atoms with Gasteiger partial charge >= 0.3 is 0 Å². The number of hydrogen-bond acceptors (Lipinski definition) is 3.